The van der Waals surface area contributed by atoms with Gasteiger partial charge in [0, 0.05) is 35.9 Å². The molecule has 8 nitrogen and oxygen atoms in total. The Morgan fingerprint density at radius 2 is 2.15 bits per heavy atom. The van der Waals surface area contributed by atoms with Crippen LogP contribution in [0.4, 0.5) is 4.39 Å². The number of amides is 1. The first-order chi connectivity index (χ1) is 15.8. The van der Waals surface area contributed by atoms with Crippen LogP contribution in [0.15, 0.2) is 24.5 Å². The first-order valence-electron chi connectivity index (χ1n) is 10.6. The smallest absolute Gasteiger partial charge is 0.254 e. The molecule has 1 aromatic carbocycles. The zero-order valence-corrected chi connectivity index (χ0v) is 19.1. The lowest BCUT2D eigenvalue weighted by atomic mass is 9.89. The lowest BCUT2D eigenvalue weighted by Crippen LogP contribution is -2.29. The summed E-state index contributed by atoms with van der Waals surface area (Å²) in [6.07, 6.45) is 3.44. The van der Waals surface area contributed by atoms with Crippen molar-refractivity contribution in [3.63, 3.8) is 0 Å². The highest BCUT2D eigenvalue weighted by molar-refractivity contribution is 6.32. The molecule has 4 aromatic rings. The van der Waals surface area contributed by atoms with E-state index >= 15 is 0 Å². The summed E-state index contributed by atoms with van der Waals surface area (Å²) in [6.45, 7) is 4.11. The van der Waals surface area contributed by atoms with Crippen molar-refractivity contribution in [2.75, 3.05) is 13.7 Å². The Hall–Kier alpha value is -3.30. The number of aliphatic hydroxyl groups is 1. The maximum Gasteiger partial charge on any atom is 0.254 e. The number of benzene rings is 1. The van der Waals surface area contributed by atoms with Crippen molar-refractivity contribution in [2.45, 2.75) is 32.9 Å². The number of H-pyrrole nitrogens is 1. The molecule has 0 saturated heterocycles. The van der Waals surface area contributed by atoms with Crippen molar-refractivity contribution >= 4 is 28.7 Å². The third-order valence-electron chi connectivity index (χ3n) is 6.21. The van der Waals surface area contributed by atoms with Gasteiger partial charge in [-0.15, -0.1) is 0 Å². The van der Waals surface area contributed by atoms with Crippen LogP contribution in [0.3, 0.4) is 0 Å². The molecule has 2 N–H and O–H groups in total. The minimum absolute atomic E-state index is 0.0841. The summed E-state index contributed by atoms with van der Waals surface area (Å²) in [7, 11) is 1.67. The van der Waals surface area contributed by atoms with E-state index in [1.54, 1.807) is 29.0 Å². The van der Waals surface area contributed by atoms with Crippen molar-refractivity contribution in [3.8, 4) is 11.3 Å². The number of halogens is 2. The number of hydrogen-bond acceptors (Lipinski definition) is 5. The van der Waals surface area contributed by atoms with Crippen LogP contribution >= 0.6 is 11.6 Å². The molecule has 1 aliphatic heterocycles. The van der Waals surface area contributed by atoms with Crippen LogP contribution in [0, 0.1) is 12.7 Å². The third kappa shape index (κ3) is 3.30. The summed E-state index contributed by atoms with van der Waals surface area (Å²) < 4.78 is 16.2. The normalized spacial score (nSPS) is 16.0. The number of carbonyl (C=O) groups excluding carboxylic acids is 1. The van der Waals surface area contributed by atoms with Gasteiger partial charge in [-0.25, -0.2) is 14.4 Å². The van der Waals surface area contributed by atoms with Gasteiger partial charge in [-0.05, 0) is 24.6 Å². The van der Waals surface area contributed by atoms with E-state index < -0.39 is 11.7 Å². The Bertz CT molecular complexity index is 1410. The fourth-order valence-corrected chi connectivity index (χ4v) is 4.93. The van der Waals surface area contributed by atoms with Crippen LogP contribution in [0.2, 0.25) is 5.02 Å². The largest absolute Gasteiger partial charge is 0.394 e. The fraction of sp³-hybridized carbons (Fsp3) is 0.304. The second-order valence-corrected chi connectivity index (χ2v) is 8.63. The van der Waals surface area contributed by atoms with Crippen LogP contribution in [-0.2, 0) is 13.1 Å². The average molecular weight is 469 g/mol. The Kier molecular flexibility index (Phi) is 5.18. The lowest BCUT2D eigenvalue weighted by molar-refractivity contribution is 0.0780. The standard InChI is InChI=1S/C23H22ClFN6O2/c1-11-14-8-26-22-21(14)28-16(9-27-22)19-12(2)29-31(6-7-32)17(19)10-30(3)23(33)13-4-5-15(25)20(24)18(11)13/h4-5,8-9,11,32H,6-7,10H2,1-3H3,(H,26,27). The van der Waals surface area contributed by atoms with Crippen molar-refractivity contribution in [1.29, 1.82) is 0 Å². The van der Waals surface area contributed by atoms with E-state index in [9.17, 15) is 14.3 Å². The highest BCUT2D eigenvalue weighted by atomic mass is 35.5. The molecule has 0 radical (unpaired) electrons. The van der Waals surface area contributed by atoms with Gasteiger partial charge in [0.25, 0.3) is 5.91 Å². The second kappa shape index (κ2) is 7.93. The summed E-state index contributed by atoms with van der Waals surface area (Å²) in [6, 6.07) is 2.69. The minimum Gasteiger partial charge on any atom is -0.394 e. The minimum atomic E-state index is -0.588. The monoisotopic (exact) mass is 468 g/mol. The molecule has 2 bridgehead atoms. The topological polar surface area (TPSA) is 99.9 Å². The molecule has 1 atom stereocenters. The molecule has 1 aliphatic rings. The molecular weight excluding hydrogens is 447 g/mol. The molecule has 170 valence electrons. The van der Waals surface area contributed by atoms with E-state index in [0.717, 1.165) is 22.5 Å². The number of aromatic nitrogens is 5. The molecule has 5 rings (SSSR count). The first kappa shape index (κ1) is 21.5. The van der Waals surface area contributed by atoms with Gasteiger partial charge in [0.05, 0.1) is 48.0 Å². The van der Waals surface area contributed by atoms with Crippen LogP contribution in [0.5, 0.6) is 0 Å². The molecule has 33 heavy (non-hydrogen) atoms. The predicted molar refractivity (Wildman–Crippen MR) is 122 cm³/mol. The number of aliphatic hydroxyl groups excluding tert-OH is 1. The zero-order chi connectivity index (χ0) is 23.4. The highest BCUT2D eigenvalue weighted by Gasteiger charge is 2.29. The van der Waals surface area contributed by atoms with Gasteiger partial charge < -0.3 is 15.0 Å². The van der Waals surface area contributed by atoms with Gasteiger partial charge >= 0.3 is 0 Å². The molecular formula is C23H22ClFN6O2. The molecule has 1 amide bonds. The molecule has 0 saturated carbocycles. The van der Waals surface area contributed by atoms with E-state index in [2.05, 4.69) is 15.1 Å². The van der Waals surface area contributed by atoms with Crippen molar-refractivity contribution in [2.24, 2.45) is 0 Å². The van der Waals surface area contributed by atoms with Gasteiger partial charge in [-0.3, -0.25) is 9.48 Å². The van der Waals surface area contributed by atoms with Gasteiger partial charge in [-0.1, -0.05) is 18.5 Å². The van der Waals surface area contributed by atoms with Crippen LogP contribution in [0.25, 0.3) is 22.4 Å². The number of carbonyl (C=O) groups is 1. The lowest BCUT2D eigenvalue weighted by Gasteiger charge is -2.24. The van der Waals surface area contributed by atoms with Gasteiger partial charge in [0.1, 0.15) is 11.3 Å². The summed E-state index contributed by atoms with van der Waals surface area (Å²) in [5.74, 6) is -1.30. The average Bonchev–Trinajstić information content (AvgIpc) is 3.34. The fourth-order valence-electron chi connectivity index (χ4n) is 4.60. The van der Waals surface area contributed by atoms with Crippen molar-refractivity contribution in [1.82, 2.24) is 29.6 Å². The summed E-state index contributed by atoms with van der Waals surface area (Å²) in [5, 5.41) is 14.0. The SMILES string of the molecule is Cc1nn(CCO)c2c1-c1cnc3[nH]cc(c3n1)C(C)c1c(ccc(F)c1Cl)C(=O)N(C)C2. The quantitative estimate of drug-likeness (QED) is 0.467. The third-order valence-corrected chi connectivity index (χ3v) is 6.59. The first-order valence-corrected chi connectivity index (χ1v) is 10.9. The van der Waals surface area contributed by atoms with Gasteiger partial charge in [0.15, 0.2) is 5.65 Å². The van der Waals surface area contributed by atoms with Gasteiger partial charge in [0.2, 0.25) is 0 Å². The number of nitrogens with zero attached hydrogens (tertiary/aromatic N) is 5. The number of nitrogens with one attached hydrogen (secondary N) is 1. The van der Waals surface area contributed by atoms with E-state index in [1.165, 1.54) is 12.1 Å². The predicted octanol–water partition coefficient (Wildman–Crippen LogP) is 3.65. The zero-order valence-electron chi connectivity index (χ0n) is 18.4. The molecule has 0 aliphatic carbocycles. The van der Waals surface area contributed by atoms with Crippen molar-refractivity contribution in [3.05, 3.63) is 63.4 Å². The number of aryl methyl sites for hydroxylation is 1. The van der Waals surface area contributed by atoms with E-state index in [0.29, 0.717) is 28.0 Å². The molecule has 3 aromatic heterocycles. The van der Waals surface area contributed by atoms with E-state index in [1.807, 2.05) is 13.8 Å². The molecule has 10 heteroatoms. The Labute approximate surface area is 194 Å². The number of rotatable bonds is 2. The molecule has 1 unspecified atom stereocenters. The Morgan fingerprint density at radius 1 is 1.36 bits per heavy atom. The van der Waals surface area contributed by atoms with E-state index in [-0.39, 0.29) is 30.6 Å². The van der Waals surface area contributed by atoms with Crippen LogP contribution < -0.4 is 0 Å². The second-order valence-electron chi connectivity index (χ2n) is 8.26. The Morgan fingerprint density at radius 3 is 2.91 bits per heavy atom. The molecule has 0 spiro atoms. The number of hydrogen-bond donors (Lipinski definition) is 2. The van der Waals surface area contributed by atoms with E-state index in [4.69, 9.17) is 16.6 Å². The highest BCUT2D eigenvalue weighted by Crippen LogP contribution is 2.38. The maximum absolute atomic E-state index is 14.5. The molecule has 0 fully saturated rings. The maximum atomic E-state index is 14.5. The van der Waals surface area contributed by atoms with Crippen LogP contribution in [-0.4, -0.2) is 54.3 Å². The van der Waals surface area contributed by atoms with Gasteiger partial charge in [-0.2, -0.15) is 5.10 Å². The Balaban J connectivity index is 1.85. The number of aromatic amines is 1. The molecule has 4 heterocycles. The summed E-state index contributed by atoms with van der Waals surface area (Å²) in [4.78, 5) is 27.7. The summed E-state index contributed by atoms with van der Waals surface area (Å²) in [5.41, 5.74) is 5.52. The summed E-state index contributed by atoms with van der Waals surface area (Å²) >= 11 is 6.42. The van der Waals surface area contributed by atoms with Crippen LogP contribution in [0.1, 0.15) is 45.7 Å². The van der Waals surface area contributed by atoms with Crippen molar-refractivity contribution < 1.29 is 14.3 Å². The number of fused-ring (bicyclic) bond motifs is 4.